The van der Waals surface area contributed by atoms with Crippen molar-refractivity contribution in [3.8, 4) is 23.3 Å². The van der Waals surface area contributed by atoms with Gasteiger partial charge in [-0.15, -0.1) is 0 Å². The molecular formula is C17H14N4O2. The molecule has 0 aromatic carbocycles. The zero-order valence-electron chi connectivity index (χ0n) is 12.3. The molecule has 0 saturated carbocycles. The lowest BCUT2D eigenvalue weighted by atomic mass is 10.1. The van der Waals surface area contributed by atoms with E-state index in [0.29, 0.717) is 35.8 Å². The highest BCUT2D eigenvalue weighted by Gasteiger charge is 2.16. The van der Waals surface area contributed by atoms with Crippen LogP contribution in [0.3, 0.4) is 0 Å². The van der Waals surface area contributed by atoms with Gasteiger partial charge in [0.2, 0.25) is 0 Å². The number of nitrogen functional groups attached to an aromatic ring is 1. The van der Waals surface area contributed by atoms with Crippen LogP contribution in [-0.4, -0.2) is 16.6 Å². The molecule has 114 valence electrons. The maximum Gasteiger partial charge on any atom is 0.153 e. The van der Waals surface area contributed by atoms with Gasteiger partial charge in [0, 0.05) is 24.4 Å². The third kappa shape index (κ3) is 3.30. The fraction of sp³-hybridized carbons (Fsp3) is 0.118. The highest BCUT2D eigenvalue weighted by atomic mass is 16.5. The fourth-order valence-electron chi connectivity index (χ4n) is 2.17. The first-order chi connectivity index (χ1) is 11.3. The van der Waals surface area contributed by atoms with E-state index in [2.05, 4.69) is 16.0 Å². The van der Waals surface area contributed by atoms with Crippen molar-refractivity contribution in [1.82, 2.24) is 9.97 Å². The molecule has 0 bridgehead atoms. The number of hydrogen-bond donors (Lipinski definition) is 1. The molecule has 2 N–H and O–H groups in total. The second-order valence-corrected chi connectivity index (χ2v) is 4.78. The van der Waals surface area contributed by atoms with E-state index in [0.717, 1.165) is 5.69 Å². The van der Waals surface area contributed by atoms with Gasteiger partial charge < -0.3 is 14.9 Å². The minimum absolute atomic E-state index is 0.267. The van der Waals surface area contributed by atoms with Gasteiger partial charge in [0.05, 0.1) is 12.9 Å². The van der Waals surface area contributed by atoms with Gasteiger partial charge in [-0.3, -0.25) is 4.98 Å². The SMILES string of the molecule is N#Cc1c(OCCc2ccccn2)cc(N)nc1-c1ccco1. The molecule has 0 unspecified atom stereocenters. The maximum absolute atomic E-state index is 9.44. The zero-order chi connectivity index (χ0) is 16.1. The molecular weight excluding hydrogens is 292 g/mol. The molecule has 0 fully saturated rings. The van der Waals surface area contributed by atoms with Crippen molar-refractivity contribution in [3.05, 3.63) is 60.1 Å². The van der Waals surface area contributed by atoms with E-state index in [4.69, 9.17) is 14.9 Å². The minimum atomic E-state index is 0.267. The molecule has 0 spiro atoms. The summed E-state index contributed by atoms with van der Waals surface area (Å²) in [6.45, 7) is 0.382. The van der Waals surface area contributed by atoms with Crippen LogP contribution in [0.4, 0.5) is 5.82 Å². The predicted molar refractivity (Wildman–Crippen MR) is 84.5 cm³/mol. The van der Waals surface area contributed by atoms with Crippen LogP contribution in [-0.2, 0) is 6.42 Å². The van der Waals surface area contributed by atoms with E-state index in [-0.39, 0.29) is 5.82 Å². The van der Waals surface area contributed by atoms with E-state index in [1.54, 1.807) is 24.4 Å². The lowest BCUT2D eigenvalue weighted by molar-refractivity contribution is 0.319. The van der Waals surface area contributed by atoms with Gasteiger partial charge in [0.25, 0.3) is 0 Å². The van der Waals surface area contributed by atoms with Gasteiger partial charge in [0.15, 0.2) is 5.76 Å². The summed E-state index contributed by atoms with van der Waals surface area (Å²) >= 11 is 0. The van der Waals surface area contributed by atoms with Crippen LogP contribution in [0.2, 0.25) is 0 Å². The van der Waals surface area contributed by atoms with Crippen molar-refractivity contribution in [2.75, 3.05) is 12.3 Å². The highest BCUT2D eigenvalue weighted by Crippen LogP contribution is 2.30. The van der Waals surface area contributed by atoms with Crippen molar-refractivity contribution in [2.24, 2.45) is 0 Å². The first-order valence-corrected chi connectivity index (χ1v) is 7.05. The molecule has 0 aliphatic rings. The van der Waals surface area contributed by atoms with Crippen LogP contribution in [0.15, 0.2) is 53.3 Å². The average molecular weight is 306 g/mol. The normalized spacial score (nSPS) is 10.2. The number of nitrogens with two attached hydrogens (primary N) is 1. The van der Waals surface area contributed by atoms with Crippen molar-refractivity contribution in [3.63, 3.8) is 0 Å². The molecule has 0 radical (unpaired) electrons. The Hall–Kier alpha value is -3.33. The lowest BCUT2D eigenvalue weighted by Gasteiger charge is -2.10. The molecule has 6 nitrogen and oxygen atoms in total. The van der Waals surface area contributed by atoms with Crippen molar-refractivity contribution >= 4 is 5.82 Å². The van der Waals surface area contributed by atoms with E-state index < -0.39 is 0 Å². The predicted octanol–water partition coefficient (Wildman–Crippen LogP) is 2.81. The number of nitrogens with zero attached hydrogens (tertiary/aromatic N) is 3. The fourth-order valence-corrected chi connectivity index (χ4v) is 2.17. The molecule has 6 heteroatoms. The molecule has 3 rings (SSSR count). The summed E-state index contributed by atoms with van der Waals surface area (Å²) in [6.07, 6.45) is 3.88. The summed E-state index contributed by atoms with van der Waals surface area (Å²) in [5, 5.41) is 9.44. The molecule has 3 heterocycles. The Labute approximate surface area is 133 Å². The first-order valence-electron chi connectivity index (χ1n) is 7.05. The van der Waals surface area contributed by atoms with Crippen LogP contribution in [0.25, 0.3) is 11.5 Å². The second-order valence-electron chi connectivity index (χ2n) is 4.78. The van der Waals surface area contributed by atoms with Crippen LogP contribution in [0.1, 0.15) is 11.3 Å². The van der Waals surface area contributed by atoms with Crippen molar-refractivity contribution in [2.45, 2.75) is 6.42 Å². The summed E-state index contributed by atoms with van der Waals surface area (Å²) in [5.41, 5.74) is 7.41. The van der Waals surface area contributed by atoms with E-state index >= 15 is 0 Å². The summed E-state index contributed by atoms with van der Waals surface area (Å²) in [5.74, 6) is 1.13. The molecule has 0 aliphatic carbocycles. The quantitative estimate of drug-likeness (QED) is 0.778. The number of nitriles is 1. The Kier molecular flexibility index (Phi) is 4.20. The second kappa shape index (κ2) is 6.62. The van der Waals surface area contributed by atoms with Gasteiger partial charge >= 0.3 is 0 Å². The molecule has 0 aliphatic heterocycles. The summed E-state index contributed by atoms with van der Waals surface area (Å²) < 4.78 is 11.0. The third-order valence-electron chi connectivity index (χ3n) is 3.21. The maximum atomic E-state index is 9.44. The van der Waals surface area contributed by atoms with Crippen LogP contribution in [0, 0.1) is 11.3 Å². The van der Waals surface area contributed by atoms with Crippen molar-refractivity contribution < 1.29 is 9.15 Å². The highest BCUT2D eigenvalue weighted by molar-refractivity contribution is 5.68. The Balaban J connectivity index is 1.83. The Morgan fingerprint density at radius 2 is 2.17 bits per heavy atom. The number of pyridine rings is 2. The van der Waals surface area contributed by atoms with Crippen molar-refractivity contribution in [1.29, 1.82) is 5.26 Å². The monoisotopic (exact) mass is 306 g/mol. The number of rotatable bonds is 5. The minimum Gasteiger partial charge on any atom is -0.492 e. The van der Waals surface area contributed by atoms with Crippen LogP contribution >= 0.6 is 0 Å². The van der Waals surface area contributed by atoms with Gasteiger partial charge in [-0.05, 0) is 24.3 Å². The number of ether oxygens (including phenoxy) is 1. The number of furan rings is 1. The number of hydrogen-bond acceptors (Lipinski definition) is 6. The Bertz CT molecular complexity index is 824. The van der Waals surface area contributed by atoms with E-state index in [9.17, 15) is 5.26 Å². The largest absolute Gasteiger partial charge is 0.492 e. The average Bonchev–Trinajstić information content (AvgIpc) is 3.10. The summed E-state index contributed by atoms with van der Waals surface area (Å²) in [6, 6.07) is 12.8. The van der Waals surface area contributed by atoms with Gasteiger partial charge in [-0.1, -0.05) is 6.07 Å². The first kappa shape index (κ1) is 14.6. The molecule has 23 heavy (non-hydrogen) atoms. The molecule has 0 amide bonds. The van der Waals surface area contributed by atoms with Gasteiger partial charge in [0.1, 0.15) is 28.9 Å². The topological polar surface area (TPSA) is 98.0 Å². The molecule has 3 aromatic rings. The van der Waals surface area contributed by atoms with Gasteiger partial charge in [-0.2, -0.15) is 5.26 Å². The Morgan fingerprint density at radius 1 is 1.26 bits per heavy atom. The summed E-state index contributed by atoms with van der Waals surface area (Å²) in [4.78, 5) is 8.41. The molecule has 3 aromatic heterocycles. The molecule has 0 atom stereocenters. The number of aromatic nitrogens is 2. The zero-order valence-corrected chi connectivity index (χ0v) is 12.3. The summed E-state index contributed by atoms with van der Waals surface area (Å²) in [7, 11) is 0. The number of anilines is 1. The van der Waals surface area contributed by atoms with Gasteiger partial charge in [-0.25, -0.2) is 4.98 Å². The standard InChI is InChI=1S/C17H14N4O2/c18-11-13-15(23-9-6-12-4-1-2-7-20-12)10-16(19)21-17(13)14-5-3-8-22-14/h1-5,7-8,10H,6,9H2,(H2,19,21). The van der Waals surface area contributed by atoms with E-state index in [1.807, 2.05) is 18.2 Å². The molecule has 0 saturated heterocycles. The van der Waals surface area contributed by atoms with Crippen LogP contribution < -0.4 is 10.5 Å². The Morgan fingerprint density at radius 3 is 2.87 bits per heavy atom. The van der Waals surface area contributed by atoms with Crippen LogP contribution in [0.5, 0.6) is 5.75 Å². The lowest BCUT2D eigenvalue weighted by Crippen LogP contribution is -2.06. The smallest absolute Gasteiger partial charge is 0.153 e. The van der Waals surface area contributed by atoms with E-state index in [1.165, 1.54) is 6.26 Å². The third-order valence-corrected chi connectivity index (χ3v) is 3.21.